The van der Waals surface area contributed by atoms with Gasteiger partial charge in [-0.2, -0.15) is 0 Å². The smallest absolute Gasteiger partial charge is 0.327 e. The fourth-order valence-corrected chi connectivity index (χ4v) is 10.3. The van der Waals surface area contributed by atoms with Gasteiger partial charge in [-0.3, -0.25) is 9.52 Å². The van der Waals surface area contributed by atoms with Crippen LogP contribution in [0.1, 0.15) is 60.0 Å². The molecule has 2 aliphatic carbocycles. The van der Waals surface area contributed by atoms with Crippen LogP contribution in [0.5, 0.6) is 5.75 Å². The van der Waals surface area contributed by atoms with Crippen LogP contribution >= 0.6 is 23.4 Å². The van der Waals surface area contributed by atoms with E-state index in [2.05, 4.69) is 43.6 Å². The minimum atomic E-state index is -3.37. The maximum absolute atomic E-state index is 14.0. The van der Waals surface area contributed by atoms with Crippen LogP contribution in [0, 0.1) is 11.8 Å². The number of urea groups is 1. The Morgan fingerprint density at radius 2 is 2.07 bits per heavy atom. The van der Waals surface area contributed by atoms with E-state index in [9.17, 15) is 13.8 Å². The summed E-state index contributed by atoms with van der Waals surface area (Å²) in [4.78, 5) is 28.7. The Morgan fingerprint density at radius 1 is 1.20 bits per heavy atom. The molecular formula is C34H41ClN4O5S2. The van der Waals surface area contributed by atoms with Crippen molar-refractivity contribution in [2.24, 2.45) is 16.2 Å². The zero-order valence-corrected chi connectivity index (χ0v) is 28.4. The summed E-state index contributed by atoms with van der Waals surface area (Å²) in [6.07, 6.45) is 10.2. The van der Waals surface area contributed by atoms with Gasteiger partial charge in [-0.25, -0.2) is 9.00 Å². The lowest BCUT2D eigenvalue weighted by Gasteiger charge is -2.45. The van der Waals surface area contributed by atoms with E-state index >= 15 is 0 Å². The molecule has 2 aromatic rings. The molecule has 1 unspecified atom stereocenters. The monoisotopic (exact) mass is 684 g/mol. The molecule has 3 heterocycles. The highest BCUT2D eigenvalue weighted by Gasteiger charge is 2.45. The Labute approximate surface area is 280 Å². The molecular weight excluding hydrogens is 644 g/mol. The van der Waals surface area contributed by atoms with Crippen LogP contribution in [0.4, 0.5) is 10.5 Å². The SMILES string of the molecule is CO[C@H]1/C=C\CCCS(=O)(NC(=O)NC2CC2)=NC(=O)c2ccc3c(c2)N(C[C@@H]2CC[C@H]21)C[C@]1(CO3)SCCc2cc(Cl)ccc21. The van der Waals surface area contributed by atoms with Gasteiger partial charge in [0.15, 0.2) is 0 Å². The molecule has 2 fully saturated rings. The summed E-state index contributed by atoms with van der Waals surface area (Å²) in [5.74, 6) is 1.88. The summed E-state index contributed by atoms with van der Waals surface area (Å²) in [5, 5.41) is 3.54. The third-order valence-electron chi connectivity index (χ3n) is 9.90. The van der Waals surface area contributed by atoms with Crippen LogP contribution in [0.2, 0.25) is 5.02 Å². The number of allylic oxidation sites excluding steroid dienone is 1. The van der Waals surface area contributed by atoms with E-state index < -0.39 is 21.9 Å². The molecule has 246 valence electrons. The number of aryl methyl sites for hydroxylation is 1. The van der Waals surface area contributed by atoms with Gasteiger partial charge in [0.2, 0.25) is 0 Å². The highest BCUT2D eigenvalue weighted by molar-refractivity contribution is 8.00. The van der Waals surface area contributed by atoms with Crippen LogP contribution in [-0.2, 0) is 25.8 Å². The molecule has 3 aliphatic heterocycles. The Kier molecular flexibility index (Phi) is 9.04. The number of nitrogens with zero attached hydrogens (tertiary/aromatic N) is 2. The lowest BCUT2D eigenvalue weighted by molar-refractivity contribution is 0.0134. The zero-order valence-electron chi connectivity index (χ0n) is 26.0. The van der Waals surface area contributed by atoms with Gasteiger partial charge in [0, 0.05) is 36.8 Å². The average molecular weight is 685 g/mol. The number of carbonyl (C=O) groups excluding carboxylic acids is 2. The summed E-state index contributed by atoms with van der Waals surface area (Å²) < 4.78 is 33.0. The van der Waals surface area contributed by atoms with Gasteiger partial charge >= 0.3 is 6.03 Å². The summed E-state index contributed by atoms with van der Waals surface area (Å²) in [7, 11) is -1.61. The second-order valence-electron chi connectivity index (χ2n) is 13.1. The summed E-state index contributed by atoms with van der Waals surface area (Å²) in [6, 6.07) is 11.1. The van der Waals surface area contributed by atoms with Crippen molar-refractivity contribution in [3.63, 3.8) is 0 Å². The van der Waals surface area contributed by atoms with Crippen LogP contribution in [-0.4, -0.2) is 66.6 Å². The number of nitrogens with one attached hydrogen (secondary N) is 2. The number of benzene rings is 2. The quantitative estimate of drug-likeness (QED) is 0.376. The molecule has 0 radical (unpaired) electrons. The Hall–Kier alpha value is -2.73. The summed E-state index contributed by atoms with van der Waals surface area (Å²) in [5.41, 5.74) is 3.64. The topological polar surface area (TPSA) is 109 Å². The van der Waals surface area contributed by atoms with E-state index in [1.54, 1.807) is 13.2 Å². The molecule has 2 saturated carbocycles. The number of amides is 3. The van der Waals surface area contributed by atoms with Crippen molar-refractivity contribution in [2.45, 2.75) is 61.8 Å². The van der Waals surface area contributed by atoms with Gasteiger partial charge in [0.1, 0.15) is 22.3 Å². The minimum Gasteiger partial charge on any atom is -0.490 e. The average Bonchev–Trinajstić information content (AvgIpc) is 3.85. The molecule has 0 aromatic heterocycles. The van der Waals surface area contributed by atoms with E-state index in [1.165, 1.54) is 11.1 Å². The lowest BCUT2D eigenvalue weighted by Crippen LogP contribution is -2.48. The Bertz CT molecular complexity index is 1670. The lowest BCUT2D eigenvalue weighted by atomic mass is 9.70. The first kappa shape index (κ1) is 31.8. The maximum Gasteiger partial charge on any atom is 0.327 e. The highest BCUT2D eigenvalue weighted by Crippen LogP contribution is 2.49. The van der Waals surface area contributed by atoms with Crippen molar-refractivity contribution < 1.29 is 23.3 Å². The third kappa shape index (κ3) is 6.66. The number of halogens is 1. The largest absolute Gasteiger partial charge is 0.490 e. The predicted octanol–water partition coefficient (Wildman–Crippen LogP) is 6.10. The molecule has 5 aliphatic rings. The van der Waals surface area contributed by atoms with E-state index in [-0.39, 0.29) is 22.6 Å². The van der Waals surface area contributed by atoms with Gasteiger partial charge in [-0.05, 0) is 104 Å². The van der Waals surface area contributed by atoms with Crippen LogP contribution < -0.4 is 19.7 Å². The fraction of sp³-hybridized carbons (Fsp3) is 0.529. The molecule has 0 saturated heterocycles. The molecule has 2 N–H and O–H groups in total. The van der Waals surface area contributed by atoms with Crippen molar-refractivity contribution >= 4 is 50.9 Å². The first-order valence-corrected chi connectivity index (χ1v) is 19.3. The summed E-state index contributed by atoms with van der Waals surface area (Å²) >= 11 is 8.35. The normalized spacial score (nSPS) is 31.7. The summed E-state index contributed by atoms with van der Waals surface area (Å²) in [6.45, 7) is 1.97. The molecule has 2 aromatic carbocycles. The van der Waals surface area contributed by atoms with Gasteiger partial charge in [0.25, 0.3) is 5.91 Å². The second kappa shape index (κ2) is 13.1. The van der Waals surface area contributed by atoms with Crippen molar-refractivity contribution in [3.8, 4) is 5.75 Å². The molecule has 1 spiro atoms. The zero-order chi connectivity index (χ0) is 31.9. The van der Waals surface area contributed by atoms with E-state index in [0.29, 0.717) is 49.1 Å². The van der Waals surface area contributed by atoms with Gasteiger partial charge < -0.3 is 19.7 Å². The van der Waals surface area contributed by atoms with Crippen molar-refractivity contribution in [3.05, 3.63) is 70.3 Å². The number of fused-ring (bicyclic) bond motifs is 4. The molecule has 2 bridgehead atoms. The number of hydrogen-bond donors (Lipinski definition) is 2. The van der Waals surface area contributed by atoms with Crippen LogP contribution in [0.15, 0.2) is 52.9 Å². The third-order valence-corrected chi connectivity index (χ3v) is 13.4. The molecule has 7 rings (SSSR count). The number of thioether (sulfide) groups is 1. The predicted molar refractivity (Wildman–Crippen MR) is 183 cm³/mol. The van der Waals surface area contributed by atoms with Crippen molar-refractivity contribution in [1.29, 1.82) is 0 Å². The van der Waals surface area contributed by atoms with Gasteiger partial charge in [-0.15, -0.1) is 16.1 Å². The molecule has 12 heteroatoms. The number of methoxy groups -OCH3 is 1. The maximum atomic E-state index is 14.0. The molecule has 5 atom stereocenters. The van der Waals surface area contributed by atoms with Gasteiger partial charge in [0.05, 0.1) is 22.3 Å². The van der Waals surface area contributed by atoms with Crippen molar-refractivity contribution in [1.82, 2.24) is 10.0 Å². The van der Waals surface area contributed by atoms with E-state index in [1.807, 2.05) is 30.0 Å². The highest BCUT2D eigenvalue weighted by atomic mass is 35.5. The molecule has 9 nitrogen and oxygen atoms in total. The van der Waals surface area contributed by atoms with E-state index in [4.69, 9.17) is 21.1 Å². The second-order valence-corrected chi connectivity index (χ2v) is 17.1. The van der Waals surface area contributed by atoms with Crippen molar-refractivity contribution in [2.75, 3.05) is 43.2 Å². The fourth-order valence-electron chi connectivity index (χ4n) is 7.17. The number of hydrogen-bond acceptors (Lipinski definition) is 7. The van der Waals surface area contributed by atoms with Crippen LogP contribution in [0.25, 0.3) is 0 Å². The number of rotatable bonds is 3. The van der Waals surface area contributed by atoms with E-state index in [0.717, 1.165) is 55.1 Å². The number of anilines is 1. The first-order valence-electron chi connectivity index (χ1n) is 16.3. The standard InChI is InChI=1S/C34H41ClN4O5S2/c1-43-30-5-3-2-4-16-46(42,38-33(41)36-26-9-10-26)37-32(40)23-7-13-31-29(18-23)39(19-24-6-11-27(24)30)20-34(21-44-31)28-12-8-25(35)17-22(28)14-15-45-34/h3,5,7-8,12-13,17-18,24,26-27,30H,2,4,6,9-11,14-16,19-21H2,1H3,(H2,36,37,38,40,41,42)/b5-3-/t24-,27+,30-,34+,46?/m0/s1. The number of ether oxygens (including phenoxy) is 2. The number of carbonyl (C=O) groups is 2. The first-order chi connectivity index (χ1) is 22.2. The molecule has 3 amide bonds. The minimum absolute atomic E-state index is 0.0281. The van der Waals surface area contributed by atoms with Crippen LogP contribution in [0.3, 0.4) is 0 Å². The molecule has 46 heavy (non-hydrogen) atoms. The van der Waals surface area contributed by atoms with Gasteiger partial charge in [-0.1, -0.05) is 29.8 Å². The Balaban J connectivity index is 1.28. The Morgan fingerprint density at radius 3 is 2.85 bits per heavy atom.